The normalized spacial score (nSPS) is 39.9. The van der Waals surface area contributed by atoms with Crippen LogP contribution in [0.5, 0.6) is 0 Å². The molecule has 0 atom stereocenters. The summed E-state index contributed by atoms with van der Waals surface area (Å²) in [5.74, 6) is 0.773. The maximum absolute atomic E-state index is 5.57. The molecule has 2 fully saturated rings. The second-order valence-corrected chi connectivity index (χ2v) is 4.50. The van der Waals surface area contributed by atoms with E-state index < -0.39 is 0 Å². The average molecular weight is 184 g/mol. The molecule has 0 spiro atoms. The molecule has 0 aromatic rings. The lowest BCUT2D eigenvalue weighted by Crippen LogP contribution is -2.45. The van der Waals surface area contributed by atoms with Crippen LogP contribution in [0.3, 0.4) is 0 Å². The van der Waals surface area contributed by atoms with Crippen LogP contribution in [0.15, 0.2) is 0 Å². The molecule has 2 heteroatoms. The predicted molar refractivity (Wildman–Crippen MR) is 51.3 cm³/mol. The standard InChI is InChI=1S/C11H20O2/c1-12-13-11-8-4-2-6-10(11)7-3-5-9-11/h10H,2-9H2,1H3. The topological polar surface area (TPSA) is 18.5 Å². The Kier molecular flexibility index (Phi) is 2.89. The van der Waals surface area contributed by atoms with Gasteiger partial charge in [-0.2, -0.15) is 0 Å². The third-order valence-corrected chi connectivity index (χ3v) is 3.80. The summed E-state index contributed by atoms with van der Waals surface area (Å²) in [5, 5.41) is 0. The Morgan fingerprint density at radius 3 is 2.15 bits per heavy atom. The van der Waals surface area contributed by atoms with E-state index in [4.69, 9.17) is 9.78 Å². The van der Waals surface area contributed by atoms with Gasteiger partial charge < -0.3 is 0 Å². The maximum Gasteiger partial charge on any atom is 0.106 e. The summed E-state index contributed by atoms with van der Waals surface area (Å²) >= 11 is 0. The number of rotatable bonds is 2. The fourth-order valence-corrected chi connectivity index (χ4v) is 3.15. The SMILES string of the molecule is COOC12CCCCC1CCCC2. The fraction of sp³-hybridized carbons (Fsp3) is 1.00. The van der Waals surface area contributed by atoms with Gasteiger partial charge in [-0.25, -0.2) is 9.78 Å². The van der Waals surface area contributed by atoms with Gasteiger partial charge in [0.1, 0.15) is 5.60 Å². The molecule has 76 valence electrons. The molecule has 0 N–H and O–H groups in total. The lowest BCUT2D eigenvalue weighted by atomic mass is 9.67. The molecular formula is C11H20O2. The summed E-state index contributed by atoms with van der Waals surface area (Å²) in [6.45, 7) is 0. The van der Waals surface area contributed by atoms with Crippen LogP contribution in [0, 0.1) is 5.92 Å². The summed E-state index contributed by atoms with van der Waals surface area (Å²) in [6.07, 6.45) is 10.5. The monoisotopic (exact) mass is 184 g/mol. The molecule has 2 rings (SSSR count). The predicted octanol–water partition coefficient (Wildman–Crippen LogP) is 3.07. The summed E-state index contributed by atoms with van der Waals surface area (Å²) in [6, 6.07) is 0. The Labute approximate surface area is 80.5 Å². The molecule has 0 unspecified atom stereocenters. The van der Waals surface area contributed by atoms with Crippen molar-refractivity contribution in [3.63, 3.8) is 0 Å². The van der Waals surface area contributed by atoms with E-state index >= 15 is 0 Å². The zero-order valence-corrected chi connectivity index (χ0v) is 8.55. The van der Waals surface area contributed by atoms with E-state index in [1.165, 1.54) is 51.4 Å². The van der Waals surface area contributed by atoms with E-state index in [9.17, 15) is 0 Å². The quantitative estimate of drug-likeness (QED) is 0.485. The number of hydrogen-bond donors (Lipinski definition) is 0. The Morgan fingerprint density at radius 2 is 1.62 bits per heavy atom. The van der Waals surface area contributed by atoms with Crippen molar-refractivity contribution >= 4 is 0 Å². The second-order valence-electron chi connectivity index (χ2n) is 4.50. The highest BCUT2D eigenvalue weighted by Gasteiger charge is 2.44. The minimum Gasteiger partial charge on any atom is -0.240 e. The molecule has 0 saturated heterocycles. The van der Waals surface area contributed by atoms with Gasteiger partial charge in [-0.3, -0.25) is 0 Å². The lowest BCUT2D eigenvalue weighted by Gasteiger charge is -2.45. The lowest BCUT2D eigenvalue weighted by molar-refractivity contribution is -0.369. The van der Waals surface area contributed by atoms with Gasteiger partial charge in [0.25, 0.3) is 0 Å². The van der Waals surface area contributed by atoms with E-state index in [0.717, 1.165) is 5.92 Å². The average Bonchev–Trinajstić information content (AvgIpc) is 2.18. The summed E-state index contributed by atoms with van der Waals surface area (Å²) < 4.78 is 0. The van der Waals surface area contributed by atoms with Crippen molar-refractivity contribution in [1.82, 2.24) is 0 Å². The molecule has 2 nitrogen and oxygen atoms in total. The Morgan fingerprint density at radius 1 is 1.00 bits per heavy atom. The van der Waals surface area contributed by atoms with E-state index in [0.29, 0.717) is 0 Å². The fourth-order valence-electron chi connectivity index (χ4n) is 3.15. The molecule has 13 heavy (non-hydrogen) atoms. The minimum atomic E-state index is 0.102. The van der Waals surface area contributed by atoms with Crippen LogP contribution < -0.4 is 0 Å². The Hall–Kier alpha value is -0.0800. The molecule has 0 heterocycles. The first-order valence-corrected chi connectivity index (χ1v) is 5.59. The van der Waals surface area contributed by atoms with Crippen molar-refractivity contribution in [3.8, 4) is 0 Å². The molecule has 0 radical (unpaired) electrons. The van der Waals surface area contributed by atoms with Crippen molar-refractivity contribution < 1.29 is 9.78 Å². The van der Waals surface area contributed by atoms with Crippen LogP contribution in [-0.4, -0.2) is 12.7 Å². The zero-order chi connectivity index (χ0) is 9.15. The largest absolute Gasteiger partial charge is 0.240 e. The van der Waals surface area contributed by atoms with Crippen molar-refractivity contribution in [3.05, 3.63) is 0 Å². The van der Waals surface area contributed by atoms with Crippen molar-refractivity contribution in [1.29, 1.82) is 0 Å². The summed E-state index contributed by atoms with van der Waals surface area (Å²) in [7, 11) is 1.65. The highest BCUT2D eigenvalue weighted by Crippen LogP contribution is 2.46. The molecule has 0 aromatic carbocycles. The number of hydrogen-bond acceptors (Lipinski definition) is 2. The highest BCUT2D eigenvalue weighted by molar-refractivity contribution is 4.93. The van der Waals surface area contributed by atoms with Crippen LogP contribution in [-0.2, 0) is 9.78 Å². The van der Waals surface area contributed by atoms with Crippen molar-refractivity contribution in [2.45, 2.75) is 57.0 Å². The van der Waals surface area contributed by atoms with E-state index in [1.54, 1.807) is 7.11 Å². The van der Waals surface area contributed by atoms with Gasteiger partial charge in [-0.15, -0.1) is 0 Å². The van der Waals surface area contributed by atoms with E-state index in [-0.39, 0.29) is 5.60 Å². The van der Waals surface area contributed by atoms with Gasteiger partial charge in [0.05, 0.1) is 7.11 Å². The smallest absolute Gasteiger partial charge is 0.106 e. The molecule has 0 aliphatic heterocycles. The Balaban J connectivity index is 2.06. The van der Waals surface area contributed by atoms with Gasteiger partial charge in [-0.1, -0.05) is 25.7 Å². The molecule has 0 aromatic heterocycles. The van der Waals surface area contributed by atoms with Gasteiger partial charge >= 0.3 is 0 Å². The Bertz CT molecular complexity index is 150. The first-order valence-electron chi connectivity index (χ1n) is 5.59. The first kappa shape index (κ1) is 9.47. The minimum absolute atomic E-state index is 0.102. The van der Waals surface area contributed by atoms with Crippen LogP contribution >= 0.6 is 0 Å². The molecule has 2 saturated carbocycles. The molecule has 0 bridgehead atoms. The van der Waals surface area contributed by atoms with Crippen LogP contribution in [0.2, 0.25) is 0 Å². The van der Waals surface area contributed by atoms with Gasteiger partial charge in [0.2, 0.25) is 0 Å². The van der Waals surface area contributed by atoms with E-state index in [1.807, 2.05) is 0 Å². The molecule has 2 aliphatic carbocycles. The highest BCUT2D eigenvalue weighted by atomic mass is 17.2. The maximum atomic E-state index is 5.57. The summed E-state index contributed by atoms with van der Waals surface area (Å²) in [4.78, 5) is 10.5. The van der Waals surface area contributed by atoms with Crippen LogP contribution in [0.25, 0.3) is 0 Å². The van der Waals surface area contributed by atoms with Crippen LogP contribution in [0.4, 0.5) is 0 Å². The van der Waals surface area contributed by atoms with Gasteiger partial charge in [0, 0.05) is 0 Å². The van der Waals surface area contributed by atoms with E-state index in [2.05, 4.69) is 0 Å². The van der Waals surface area contributed by atoms with Crippen LogP contribution in [0.1, 0.15) is 51.4 Å². The van der Waals surface area contributed by atoms with Gasteiger partial charge in [-0.05, 0) is 31.6 Å². The van der Waals surface area contributed by atoms with Crippen molar-refractivity contribution in [2.75, 3.05) is 7.11 Å². The molecular weight excluding hydrogens is 164 g/mol. The van der Waals surface area contributed by atoms with Crippen molar-refractivity contribution in [2.24, 2.45) is 5.92 Å². The van der Waals surface area contributed by atoms with Gasteiger partial charge in [0.15, 0.2) is 0 Å². The molecule has 2 aliphatic rings. The third-order valence-electron chi connectivity index (χ3n) is 3.80. The molecule has 0 amide bonds. The third kappa shape index (κ3) is 1.75. The summed E-state index contributed by atoms with van der Waals surface area (Å²) in [5.41, 5.74) is 0.102. The second kappa shape index (κ2) is 3.97. The number of fused-ring (bicyclic) bond motifs is 1. The first-order chi connectivity index (χ1) is 6.37. The zero-order valence-electron chi connectivity index (χ0n) is 8.55.